The molecule has 0 amide bonds. The Labute approximate surface area is 92.4 Å². The Hall–Kier alpha value is -2.17. The maximum atomic E-state index is 4.50. The Kier molecular flexibility index (Phi) is 1.80. The van der Waals surface area contributed by atoms with Crippen LogP contribution in [0.4, 0.5) is 0 Å². The van der Waals surface area contributed by atoms with Crippen molar-refractivity contribution in [3.8, 4) is 5.95 Å². The van der Waals surface area contributed by atoms with Crippen LogP contribution in [0.3, 0.4) is 0 Å². The second-order valence-electron chi connectivity index (χ2n) is 3.78. The van der Waals surface area contributed by atoms with E-state index >= 15 is 0 Å². The number of pyridine rings is 1. The van der Waals surface area contributed by atoms with Gasteiger partial charge >= 0.3 is 0 Å². The van der Waals surface area contributed by atoms with Crippen LogP contribution in [0.25, 0.3) is 17.1 Å². The molecule has 0 radical (unpaired) electrons. The largest absolute Gasteiger partial charge is 0.296 e. The molecule has 0 unspecified atom stereocenters. The summed E-state index contributed by atoms with van der Waals surface area (Å²) in [6.07, 6.45) is 5.52. The van der Waals surface area contributed by atoms with Crippen molar-refractivity contribution in [2.24, 2.45) is 7.05 Å². The van der Waals surface area contributed by atoms with E-state index < -0.39 is 0 Å². The molecule has 3 heterocycles. The molecule has 0 N–H and O–H groups in total. The normalized spacial score (nSPS) is 11.1. The highest BCUT2D eigenvalue weighted by molar-refractivity contribution is 5.72. The Balaban J connectivity index is 2.28. The van der Waals surface area contributed by atoms with E-state index in [2.05, 4.69) is 15.1 Å². The first kappa shape index (κ1) is 9.08. The summed E-state index contributed by atoms with van der Waals surface area (Å²) in [5.74, 6) is 0.779. The number of nitrogens with zero attached hydrogens (tertiary/aromatic N) is 5. The van der Waals surface area contributed by atoms with Crippen LogP contribution in [0.15, 0.2) is 30.7 Å². The van der Waals surface area contributed by atoms with Gasteiger partial charge in [-0.15, -0.1) is 0 Å². The molecule has 3 rings (SSSR count). The van der Waals surface area contributed by atoms with E-state index in [1.165, 1.54) is 0 Å². The molecule has 0 saturated carbocycles. The van der Waals surface area contributed by atoms with E-state index in [9.17, 15) is 0 Å². The number of rotatable bonds is 1. The summed E-state index contributed by atoms with van der Waals surface area (Å²) in [5.41, 5.74) is 2.86. The molecule has 0 atom stereocenters. The lowest BCUT2D eigenvalue weighted by Gasteiger charge is -1.99. The summed E-state index contributed by atoms with van der Waals surface area (Å²) >= 11 is 0. The first-order valence-corrected chi connectivity index (χ1v) is 5.05. The lowest BCUT2D eigenvalue weighted by Crippen LogP contribution is -2.03. The van der Waals surface area contributed by atoms with Gasteiger partial charge in [-0.3, -0.25) is 4.57 Å². The molecule has 0 spiro atoms. The molecule has 5 nitrogen and oxygen atoms in total. The first-order chi connectivity index (χ1) is 7.75. The predicted octanol–water partition coefficient (Wildman–Crippen LogP) is 1.46. The molecule has 0 fully saturated rings. The van der Waals surface area contributed by atoms with Crippen LogP contribution < -0.4 is 0 Å². The van der Waals surface area contributed by atoms with Crippen molar-refractivity contribution in [3.63, 3.8) is 0 Å². The van der Waals surface area contributed by atoms with Gasteiger partial charge in [0.05, 0.1) is 6.20 Å². The topological polar surface area (TPSA) is 48.5 Å². The number of hydrogen-bond donors (Lipinski definition) is 0. The molecule has 0 saturated heterocycles. The minimum atomic E-state index is 0.779. The predicted molar refractivity (Wildman–Crippen MR) is 60.4 cm³/mol. The quantitative estimate of drug-likeness (QED) is 0.615. The van der Waals surface area contributed by atoms with E-state index in [0.29, 0.717) is 0 Å². The maximum Gasteiger partial charge on any atom is 0.232 e. The molecule has 0 bridgehead atoms. The van der Waals surface area contributed by atoms with Crippen LogP contribution in [-0.4, -0.2) is 24.3 Å². The molecule has 16 heavy (non-hydrogen) atoms. The molecule has 0 aromatic carbocycles. The van der Waals surface area contributed by atoms with E-state index in [1.54, 1.807) is 10.9 Å². The smallest absolute Gasteiger partial charge is 0.232 e. The molecule has 3 aromatic heterocycles. The molecular weight excluding hydrogens is 202 g/mol. The maximum absolute atomic E-state index is 4.50. The fourth-order valence-corrected chi connectivity index (χ4v) is 1.74. The van der Waals surface area contributed by atoms with Gasteiger partial charge in [0.1, 0.15) is 5.52 Å². The van der Waals surface area contributed by atoms with Crippen LogP contribution in [0.2, 0.25) is 0 Å². The molecule has 0 aliphatic carbocycles. The van der Waals surface area contributed by atoms with Gasteiger partial charge in [-0.25, -0.2) is 14.6 Å². The summed E-state index contributed by atoms with van der Waals surface area (Å²) in [5, 5.41) is 4.25. The minimum absolute atomic E-state index is 0.779. The zero-order valence-corrected chi connectivity index (χ0v) is 9.12. The molecule has 5 heteroatoms. The summed E-state index contributed by atoms with van der Waals surface area (Å²) in [4.78, 5) is 8.79. The highest BCUT2D eigenvalue weighted by Crippen LogP contribution is 2.14. The Morgan fingerprint density at radius 1 is 1.31 bits per heavy atom. The van der Waals surface area contributed by atoms with Crippen molar-refractivity contribution < 1.29 is 0 Å². The lowest BCUT2D eigenvalue weighted by molar-refractivity contribution is 0.757. The third kappa shape index (κ3) is 1.21. The molecule has 0 aliphatic heterocycles. The lowest BCUT2D eigenvalue weighted by atomic mass is 10.4. The molecule has 0 aliphatic rings. The Morgan fingerprint density at radius 3 is 2.88 bits per heavy atom. The number of fused-ring (bicyclic) bond motifs is 1. The zero-order chi connectivity index (χ0) is 11.1. The summed E-state index contributed by atoms with van der Waals surface area (Å²) in [6.45, 7) is 2.00. The van der Waals surface area contributed by atoms with Gasteiger partial charge in [0.15, 0.2) is 5.65 Å². The zero-order valence-electron chi connectivity index (χ0n) is 9.12. The SMILES string of the molecule is Cc1cnn(-c2nc3cccnc3n2C)c1. The number of aromatic nitrogens is 5. The Morgan fingerprint density at radius 2 is 2.19 bits per heavy atom. The fourth-order valence-electron chi connectivity index (χ4n) is 1.74. The third-order valence-electron chi connectivity index (χ3n) is 2.52. The summed E-state index contributed by atoms with van der Waals surface area (Å²) in [6, 6.07) is 3.83. The van der Waals surface area contributed by atoms with Crippen LogP contribution in [0.5, 0.6) is 0 Å². The van der Waals surface area contributed by atoms with Gasteiger partial charge in [0.25, 0.3) is 0 Å². The van der Waals surface area contributed by atoms with Crippen molar-refractivity contribution in [1.82, 2.24) is 24.3 Å². The van der Waals surface area contributed by atoms with E-state index in [4.69, 9.17) is 0 Å². The van der Waals surface area contributed by atoms with Gasteiger partial charge < -0.3 is 0 Å². The molecular formula is C11H11N5. The summed E-state index contributed by atoms with van der Waals surface area (Å²) in [7, 11) is 1.94. The average Bonchev–Trinajstić information content (AvgIpc) is 2.84. The summed E-state index contributed by atoms with van der Waals surface area (Å²) < 4.78 is 3.69. The van der Waals surface area contributed by atoms with E-state index in [-0.39, 0.29) is 0 Å². The van der Waals surface area contributed by atoms with Gasteiger partial charge in [0, 0.05) is 19.4 Å². The van der Waals surface area contributed by atoms with Crippen molar-refractivity contribution in [1.29, 1.82) is 0 Å². The molecule has 80 valence electrons. The van der Waals surface area contributed by atoms with E-state index in [1.807, 2.05) is 43.1 Å². The van der Waals surface area contributed by atoms with Crippen LogP contribution in [0.1, 0.15) is 5.56 Å². The second-order valence-corrected chi connectivity index (χ2v) is 3.78. The van der Waals surface area contributed by atoms with Gasteiger partial charge in [-0.2, -0.15) is 5.10 Å². The van der Waals surface area contributed by atoms with Gasteiger partial charge in [-0.05, 0) is 24.6 Å². The Bertz CT molecular complexity index is 649. The number of imidazole rings is 1. The monoisotopic (exact) mass is 213 g/mol. The third-order valence-corrected chi connectivity index (χ3v) is 2.52. The standard InChI is InChI=1S/C11H11N5/c1-8-6-13-16(7-8)11-14-9-4-3-5-12-10(9)15(11)2/h3-7H,1-2H3. The highest BCUT2D eigenvalue weighted by atomic mass is 15.4. The first-order valence-electron chi connectivity index (χ1n) is 5.05. The number of aryl methyl sites for hydroxylation is 2. The van der Waals surface area contributed by atoms with Crippen LogP contribution in [0, 0.1) is 6.92 Å². The second kappa shape index (κ2) is 3.16. The van der Waals surface area contributed by atoms with Gasteiger partial charge in [0.2, 0.25) is 5.95 Å². The minimum Gasteiger partial charge on any atom is -0.296 e. The van der Waals surface area contributed by atoms with Gasteiger partial charge in [-0.1, -0.05) is 0 Å². The van der Waals surface area contributed by atoms with Crippen molar-refractivity contribution in [2.45, 2.75) is 6.92 Å². The van der Waals surface area contributed by atoms with E-state index in [0.717, 1.165) is 22.7 Å². The highest BCUT2D eigenvalue weighted by Gasteiger charge is 2.10. The van der Waals surface area contributed by atoms with Crippen molar-refractivity contribution in [3.05, 3.63) is 36.3 Å². The number of hydrogen-bond acceptors (Lipinski definition) is 3. The van der Waals surface area contributed by atoms with Crippen LogP contribution >= 0.6 is 0 Å². The van der Waals surface area contributed by atoms with Crippen LogP contribution in [-0.2, 0) is 7.05 Å². The fraction of sp³-hybridized carbons (Fsp3) is 0.182. The average molecular weight is 213 g/mol. The molecule has 3 aromatic rings. The van der Waals surface area contributed by atoms with Crippen molar-refractivity contribution >= 4 is 11.2 Å². The van der Waals surface area contributed by atoms with Crippen molar-refractivity contribution in [2.75, 3.05) is 0 Å².